The third-order valence-corrected chi connectivity index (χ3v) is 2.64. The van der Waals surface area contributed by atoms with E-state index >= 15 is 0 Å². The largest absolute Gasteiger partial charge is 0.351 e. The molecule has 1 aliphatic heterocycles. The molecule has 2 heteroatoms. The highest BCUT2D eigenvalue weighted by molar-refractivity contribution is 5.87. The van der Waals surface area contributed by atoms with Gasteiger partial charge in [0, 0.05) is 41.9 Å². The minimum Gasteiger partial charge on any atom is -0.351 e. The standard InChI is InChI=1S/C11H10N2/c1-13-5-3-9-6-10-8(2-4-12-10)7-11(9)13/h2-7,12H,1H3/p+1. The van der Waals surface area contributed by atoms with E-state index in [1.807, 2.05) is 0 Å². The Morgan fingerprint density at radius 3 is 3.15 bits per heavy atom. The third kappa shape index (κ3) is 0.863. The quantitative estimate of drug-likeness (QED) is 0.578. The summed E-state index contributed by atoms with van der Waals surface area (Å²) >= 11 is 0. The molecule has 0 radical (unpaired) electrons. The fourth-order valence-corrected chi connectivity index (χ4v) is 1.89. The molecule has 2 aromatic rings. The number of hydrogen-bond donors (Lipinski definition) is 1. The van der Waals surface area contributed by atoms with Crippen LogP contribution in [-0.4, -0.2) is 4.57 Å². The second kappa shape index (κ2) is 2.24. The van der Waals surface area contributed by atoms with Crippen molar-refractivity contribution in [2.24, 2.45) is 7.05 Å². The number of hydrogen-bond acceptors (Lipinski definition) is 0. The third-order valence-electron chi connectivity index (χ3n) is 2.64. The number of rotatable bonds is 0. The van der Waals surface area contributed by atoms with Gasteiger partial charge in [-0.05, 0) is 12.1 Å². The normalized spacial score (nSPS) is 13.9. The first-order valence-corrected chi connectivity index (χ1v) is 4.45. The lowest BCUT2D eigenvalue weighted by Gasteiger charge is -1.98. The van der Waals surface area contributed by atoms with E-state index in [0.717, 1.165) is 0 Å². The Morgan fingerprint density at radius 1 is 1.31 bits per heavy atom. The average molecular weight is 171 g/mol. The number of nitrogens with zero attached hydrogens (tertiary/aromatic N) is 1. The van der Waals surface area contributed by atoms with Crippen molar-refractivity contribution in [2.45, 2.75) is 0 Å². The number of aryl methyl sites for hydroxylation is 1. The second-order valence-electron chi connectivity index (χ2n) is 3.49. The summed E-state index contributed by atoms with van der Waals surface area (Å²) < 4.78 is 2.15. The van der Waals surface area contributed by atoms with Gasteiger partial charge in [0.1, 0.15) is 5.69 Å². The fraction of sp³-hybridized carbons (Fsp3) is 0.0909. The molecule has 0 saturated carbocycles. The van der Waals surface area contributed by atoms with Gasteiger partial charge in [-0.1, -0.05) is 0 Å². The van der Waals surface area contributed by atoms with Crippen molar-refractivity contribution in [2.75, 3.05) is 0 Å². The van der Waals surface area contributed by atoms with Crippen LogP contribution in [0.3, 0.4) is 0 Å². The van der Waals surface area contributed by atoms with Crippen molar-refractivity contribution in [3.63, 3.8) is 0 Å². The molecule has 0 bridgehead atoms. The smallest absolute Gasteiger partial charge is 0.142 e. The molecule has 0 fully saturated rings. The van der Waals surface area contributed by atoms with Gasteiger partial charge in [-0.15, -0.1) is 0 Å². The number of fused-ring (bicyclic) bond motifs is 2. The maximum absolute atomic E-state index is 2.24. The second-order valence-corrected chi connectivity index (χ2v) is 3.49. The van der Waals surface area contributed by atoms with Crippen molar-refractivity contribution in [3.05, 3.63) is 36.2 Å². The summed E-state index contributed by atoms with van der Waals surface area (Å²) in [4.78, 5) is 0. The molecule has 2 nitrogen and oxygen atoms in total. The molecular weight excluding hydrogens is 160 g/mol. The number of benzene rings is 1. The number of nitrogens with two attached hydrogens (primary N) is 1. The molecule has 3 rings (SSSR count). The van der Waals surface area contributed by atoms with Crippen LogP contribution in [0.1, 0.15) is 5.56 Å². The van der Waals surface area contributed by atoms with Crippen LogP contribution in [0, 0.1) is 0 Å². The molecule has 0 saturated heterocycles. The van der Waals surface area contributed by atoms with Crippen LogP contribution in [0.2, 0.25) is 0 Å². The summed E-state index contributed by atoms with van der Waals surface area (Å²) in [6.07, 6.45) is 6.36. The van der Waals surface area contributed by atoms with E-state index in [4.69, 9.17) is 0 Å². The van der Waals surface area contributed by atoms with E-state index in [-0.39, 0.29) is 0 Å². The van der Waals surface area contributed by atoms with Crippen molar-refractivity contribution in [3.8, 4) is 0 Å². The van der Waals surface area contributed by atoms with Gasteiger partial charge in [0.25, 0.3) is 0 Å². The van der Waals surface area contributed by atoms with Crippen LogP contribution >= 0.6 is 0 Å². The van der Waals surface area contributed by atoms with E-state index in [1.165, 1.54) is 22.2 Å². The Kier molecular flexibility index (Phi) is 1.19. The molecule has 0 amide bonds. The van der Waals surface area contributed by atoms with Crippen LogP contribution in [-0.2, 0) is 7.05 Å². The molecule has 2 N–H and O–H groups in total. The predicted octanol–water partition coefficient (Wildman–Crippen LogP) is 1.36. The first-order valence-electron chi connectivity index (χ1n) is 4.45. The highest BCUT2D eigenvalue weighted by Gasteiger charge is 2.11. The molecule has 1 aliphatic rings. The average Bonchev–Trinajstić information content (AvgIpc) is 2.70. The van der Waals surface area contributed by atoms with Gasteiger partial charge in [-0.25, -0.2) is 0 Å². The zero-order chi connectivity index (χ0) is 8.84. The fourth-order valence-electron chi connectivity index (χ4n) is 1.89. The molecule has 0 unspecified atom stereocenters. The summed E-state index contributed by atoms with van der Waals surface area (Å²) in [6.45, 7) is 0. The molecule has 13 heavy (non-hydrogen) atoms. The van der Waals surface area contributed by atoms with Gasteiger partial charge in [0.15, 0.2) is 0 Å². The number of aromatic nitrogens is 1. The van der Waals surface area contributed by atoms with Crippen molar-refractivity contribution >= 4 is 22.7 Å². The van der Waals surface area contributed by atoms with Crippen molar-refractivity contribution < 1.29 is 5.32 Å². The highest BCUT2D eigenvalue weighted by Crippen LogP contribution is 2.24. The van der Waals surface area contributed by atoms with Gasteiger partial charge in [-0.3, -0.25) is 5.32 Å². The van der Waals surface area contributed by atoms with E-state index in [1.54, 1.807) is 0 Å². The van der Waals surface area contributed by atoms with Crippen LogP contribution < -0.4 is 5.32 Å². The molecular formula is C11H11N2+. The highest BCUT2D eigenvalue weighted by atomic mass is 14.9. The lowest BCUT2D eigenvalue weighted by Crippen LogP contribution is -2.69. The van der Waals surface area contributed by atoms with E-state index < -0.39 is 0 Å². The summed E-state index contributed by atoms with van der Waals surface area (Å²) in [5.41, 5.74) is 3.96. The van der Waals surface area contributed by atoms with E-state index in [0.29, 0.717) is 0 Å². The lowest BCUT2D eigenvalue weighted by molar-refractivity contribution is -0.491. The SMILES string of the molecule is Cn1ccc2cc3c(cc21)C=C[NH2+]3. The number of quaternary nitrogens is 1. The zero-order valence-electron chi connectivity index (χ0n) is 7.49. The van der Waals surface area contributed by atoms with Crippen LogP contribution in [0.4, 0.5) is 5.69 Å². The van der Waals surface area contributed by atoms with Crippen LogP contribution in [0.15, 0.2) is 30.6 Å². The monoisotopic (exact) mass is 171 g/mol. The molecule has 0 spiro atoms. The topological polar surface area (TPSA) is 21.5 Å². The van der Waals surface area contributed by atoms with E-state index in [9.17, 15) is 0 Å². The Balaban J connectivity index is 2.43. The van der Waals surface area contributed by atoms with Gasteiger partial charge < -0.3 is 4.57 Å². The Hall–Kier alpha value is -1.54. The predicted molar refractivity (Wildman–Crippen MR) is 53.5 cm³/mol. The first-order chi connectivity index (χ1) is 6.34. The summed E-state index contributed by atoms with van der Waals surface area (Å²) in [7, 11) is 2.08. The van der Waals surface area contributed by atoms with Crippen LogP contribution in [0.5, 0.6) is 0 Å². The molecule has 0 atom stereocenters. The molecule has 2 heterocycles. The maximum atomic E-state index is 2.24. The van der Waals surface area contributed by atoms with Crippen LogP contribution in [0.25, 0.3) is 17.0 Å². The van der Waals surface area contributed by atoms with Crippen molar-refractivity contribution in [1.82, 2.24) is 4.57 Å². The minimum absolute atomic E-state index is 1.30. The van der Waals surface area contributed by atoms with Gasteiger partial charge in [-0.2, -0.15) is 0 Å². The lowest BCUT2D eigenvalue weighted by atomic mass is 10.1. The Labute approximate surface area is 76.5 Å². The minimum atomic E-state index is 1.30. The summed E-state index contributed by atoms with van der Waals surface area (Å²) in [5.74, 6) is 0. The molecule has 0 aliphatic carbocycles. The van der Waals surface area contributed by atoms with Gasteiger partial charge in [0.05, 0.1) is 6.20 Å². The molecule has 1 aromatic heterocycles. The van der Waals surface area contributed by atoms with Gasteiger partial charge >= 0.3 is 0 Å². The summed E-state index contributed by atoms with van der Waals surface area (Å²) in [6, 6.07) is 6.64. The molecule has 1 aromatic carbocycles. The zero-order valence-corrected chi connectivity index (χ0v) is 7.49. The molecule has 64 valence electrons. The van der Waals surface area contributed by atoms with Gasteiger partial charge in [0.2, 0.25) is 0 Å². The maximum Gasteiger partial charge on any atom is 0.142 e. The van der Waals surface area contributed by atoms with Crippen molar-refractivity contribution in [1.29, 1.82) is 0 Å². The first kappa shape index (κ1) is 6.92. The van der Waals surface area contributed by atoms with E-state index in [2.05, 4.69) is 53.6 Å². The Bertz CT molecular complexity index is 506. The Morgan fingerprint density at radius 2 is 2.23 bits per heavy atom. The summed E-state index contributed by atoms with van der Waals surface area (Å²) in [5, 5.41) is 3.48.